The Hall–Kier alpha value is -1.92. The zero-order valence-corrected chi connectivity index (χ0v) is 12.7. The van der Waals surface area contributed by atoms with E-state index in [-0.39, 0.29) is 0 Å². The van der Waals surface area contributed by atoms with Crippen molar-refractivity contribution in [1.82, 2.24) is 15.0 Å². The quantitative estimate of drug-likeness (QED) is 0.793. The molecule has 1 N–H and O–H groups in total. The van der Waals surface area contributed by atoms with Crippen molar-refractivity contribution in [2.45, 2.75) is 20.1 Å². The first-order chi connectivity index (χ1) is 10.2. The summed E-state index contributed by atoms with van der Waals surface area (Å²) in [6, 6.07) is 5.42. The molecule has 0 bridgehead atoms. The maximum Gasteiger partial charge on any atom is 0.212 e. The zero-order chi connectivity index (χ0) is 15.1. The Morgan fingerprint density at radius 2 is 2.14 bits per heavy atom. The molecule has 0 aliphatic heterocycles. The van der Waals surface area contributed by atoms with Crippen molar-refractivity contribution in [2.75, 3.05) is 19.0 Å². The molecule has 0 unspecified atom stereocenters. The van der Waals surface area contributed by atoms with Crippen LogP contribution in [0.4, 0.5) is 5.82 Å². The summed E-state index contributed by atoms with van der Waals surface area (Å²) in [7, 11) is 1.59. The maximum atomic E-state index is 5.97. The average molecular weight is 309 g/mol. The van der Waals surface area contributed by atoms with Gasteiger partial charge in [-0.1, -0.05) is 17.7 Å². The fourth-order valence-corrected chi connectivity index (χ4v) is 1.84. The van der Waals surface area contributed by atoms with Crippen molar-refractivity contribution in [2.24, 2.45) is 0 Å². The van der Waals surface area contributed by atoms with Gasteiger partial charge in [-0.2, -0.15) is 0 Å². The van der Waals surface area contributed by atoms with Gasteiger partial charge in [0.1, 0.15) is 17.6 Å². The number of ether oxygens (including phenoxy) is 2. The standard InChI is InChI=1S/C14H17ClN4O2/c1-3-21-9-13-18-11(15)6-12(19-13)16-7-10-4-5-14(20-2)17-8-10/h4-6,8H,3,7,9H2,1-2H3,(H,16,18,19). The van der Waals surface area contributed by atoms with E-state index in [4.69, 9.17) is 21.1 Å². The summed E-state index contributed by atoms with van der Waals surface area (Å²) in [6.07, 6.45) is 1.75. The van der Waals surface area contributed by atoms with Crippen LogP contribution in [0.5, 0.6) is 5.88 Å². The molecule has 0 atom stereocenters. The van der Waals surface area contributed by atoms with E-state index < -0.39 is 0 Å². The lowest BCUT2D eigenvalue weighted by Gasteiger charge is -2.08. The van der Waals surface area contributed by atoms with E-state index in [2.05, 4.69) is 20.3 Å². The Balaban J connectivity index is 1.99. The molecule has 0 saturated heterocycles. The fraction of sp³-hybridized carbons (Fsp3) is 0.357. The number of nitrogens with zero attached hydrogens (tertiary/aromatic N) is 3. The van der Waals surface area contributed by atoms with Crippen LogP contribution in [0.3, 0.4) is 0 Å². The molecule has 0 spiro atoms. The first kappa shape index (κ1) is 15.5. The highest BCUT2D eigenvalue weighted by atomic mass is 35.5. The maximum absolute atomic E-state index is 5.97. The highest BCUT2D eigenvalue weighted by molar-refractivity contribution is 6.29. The Labute approximate surface area is 128 Å². The van der Waals surface area contributed by atoms with E-state index >= 15 is 0 Å². The van der Waals surface area contributed by atoms with Gasteiger partial charge in [-0.05, 0) is 12.5 Å². The molecule has 21 heavy (non-hydrogen) atoms. The van der Waals surface area contributed by atoms with Crippen LogP contribution in [-0.4, -0.2) is 28.7 Å². The summed E-state index contributed by atoms with van der Waals surface area (Å²) in [4.78, 5) is 12.6. The Bertz CT molecular complexity index is 578. The number of nitrogens with one attached hydrogen (secondary N) is 1. The molecule has 0 aromatic carbocycles. The zero-order valence-electron chi connectivity index (χ0n) is 12.0. The molecule has 2 aromatic heterocycles. The monoisotopic (exact) mass is 308 g/mol. The third kappa shape index (κ3) is 4.84. The molecule has 6 nitrogen and oxygen atoms in total. The van der Waals surface area contributed by atoms with Crippen molar-refractivity contribution in [3.8, 4) is 5.88 Å². The molecule has 0 fully saturated rings. The summed E-state index contributed by atoms with van der Waals surface area (Å²) in [5.74, 6) is 1.79. The third-order valence-electron chi connectivity index (χ3n) is 2.66. The van der Waals surface area contributed by atoms with E-state index in [1.165, 1.54) is 0 Å². The van der Waals surface area contributed by atoms with Crippen LogP contribution in [0.15, 0.2) is 24.4 Å². The number of aromatic nitrogens is 3. The topological polar surface area (TPSA) is 69.2 Å². The predicted molar refractivity (Wildman–Crippen MR) is 80.5 cm³/mol. The van der Waals surface area contributed by atoms with Crippen LogP contribution in [0, 0.1) is 0 Å². The van der Waals surface area contributed by atoms with Gasteiger partial charge in [0.2, 0.25) is 5.88 Å². The lowest BCUT2D eigenvalue weighted by molar-refractivity contribution is 0.128. The summed E-state index contributed by atoms with van der Waals surface area (Å²) in [6.45, 7) is 3.45. The highest BCUT2D eigenvalue weighted by Crippen LogP contribution is 2.14. The minimum atomic E-state index is 0.343. The van der Waals surface area contributed by atoms with Gasteiger partial charge in [0.15, 0.2) is 5.82 Å². The minimum Gasteiger partial charge on any atom is -0.481 e. The number of rotatable bonds is 7. The third-order valence-corrected chi connectivity index (χ3v) is 2.85. The number of hydrogen-bond acceptors (Lipinski definition) is 6. The van der Waals surface area contributed by atoms with Gasteiger partial charge in [0, 0.05) is 31.5 Å². The number of methoxy groups -OCH3 is 1. The van der Waals surface area contributed by atoms with Gasteiger partial charge >= 0.3 is 0 Å². The second-order valence-corrected chi connectivity index (χ2v) is 4.58. The van der Waals surface area contributed by atoms with E-state index in [0.29, 0.717) is 42.4 Å². The Kier molecular flexibility index (Phi) is 5.71. The van der Waals surface area contributed by atoms with Crippen molar-refractivity contribution in [3.05, 3.63) is 40.9 Å². The van der Waals surface area contributed by atoms with Crippen molar-refractivity contribution < 1.29 is 9.47 Å². The molecule has 7 heteroatoms. The van der Waals surface area contributed by atoms with Crippen molar-refractivity contribution in [1.29, 1.82) is 0 Å². The molecule has 112 valence electrons. The first-order valence-corrected chi connectivity index (χ1v) is 6.93. The van der Waals surface area contributed by atoms with Crippen LogP contribution >= 0.6 is 11.6 Å². The largest absolute Gasteiger partial charge is 0.481 e. The van der Waals surface area contributed by atoms with Crippen molar-refractivity contribution in [3.63, 3.8) is 0 Å². The number of halogens is 1. The van der Waals surface area contributed by atoms with E-state index in [0.717, 1.165) is 5.56 Å². The lowest BCUT2D eigenvalue weighted by atomic mass is 10.3. The first-order valence-electron chi connectivity index (χ1n) is 6.55. The molecule has 0 radical (unpaired) electrons. The molecular weight excluding hydrogens is 292 g/mol. The summed E-state index contributed by atoms with van der Waals surface area (Å²) >= 11 is 5.97. The van der Waals surface area contributed by atoms with E-state index in [1.807, 2.05) is 19.1 Å². The van der Waals surface area contributed by atoms with Crippen molar-refractivity contribution >= 4 is 17.4 Å². The van der Waals surface area contributed by atoms with E-state index in [9.17, 15) is 0 Å². The van der Waals surface area contributed by atoms with Crippen LogP contribution in [0.25, 0.3) is 0 Å². The molecule has 0 aliphatic carbocycles. The van der Waals surface area contributed by atoms with Gasteiger partial charge in [-0.15, -0.1) is 0 Å². The molecule has 2 heterocycles. The van der Waals surface area contributed by atoms with Crippen LogP contribution < -0.4 is 10.1 Å². The molecule has 2 rings (SSSR count). The smallest absolute Gasteiger partial charge is 0.212 e. The molecule has 0 aliphatic rings. The Morgan fingerprint density at radius 1 is 1.29 bits per heavy atom. The van der Waals surface area contributed by atoms with Gasteiger partial charge < -0.3 is 14.8 Å². The second-order valence-electron chi connectivity index (χ2n) is 4.19. The number of hydrogen-bond donors (Lipinski definition) is 1. The average Bonchev–Trinajstić information content (AvgIpc) is 2.51. The van der Waals surface area contributed by atoms with Gasteiger partial charge in [0.25, 0.3) is 0 Å². The van der Waals surface area contributed by atoms with Crippen LogP contribution in [0.1, 0.15) is 18.3 Å². The summed E-state index contributed by atoms with van der Waals surface area (Å²) < 4.78 is 10.3. The second kappa shape index (κ2) is 7.75. The van der Waals surface area contributed by atoms with Crippen LogP contribution in [-0.2, 0) is 17.9 Å². The normalized spacial score (nSPS) is 10.4. The molecule has 2 aromatic rings. The lowest BCUT2D eigenvalue weighted by Crippen LogP contribution is -2.06. The SMILES string of the molecule is CCOCc1nc(Cl)cc(NCc2ccc(OC)nc2)n1. The van der Waals surface area contributed by atoms with Crippen LogP contribution in [0.2, 0.25) is 5.15 Å². The van der Waals surface area contributed by atoms with Gasteiger partial charge in [0.05, 0.1) is 7.11 Å². The Morgan fingerprint density at radius 3 is 2.81 bits per heavy atom. The highest BCUT2D eigenvalue weighted by Gasteiger charge is 2.04. The van der Waals surface area contributed by atoms with E-state index in [1.54, 1.807) is 19.4 Å². The number of anilines is 1. The molecule has 0 saturated carbocycles. The predicted octanol–water partition coefficient (Wildman–Crippen LogP) is 2.68. The fourth-order valence-electron chi connectivity index (χ4n) is 1.64. The van der Waals surface area contributed by atoms with Gasteiger partial charge in [-0.3, -0.25) is 0 Å². The minimum absolute atomic E-state index is 0.343. The number of pyridine rings is 1. The molecular formula is C14H17ClN4O2. The summed E-state index contributed by atoms with van der Waals surface area (Å²) in [5.41, 5.74) is 1.01. The van der Waals surface area contributed by atoms with Gasteiger partial charge in [-0.25, -0.2) is 15.0 Å². The molecule has 0 amide bonds. The summed E-state index contributed by atoms with van der Waals surface area (Å²) in [5, 5.41) is 3.57.